The van der Waals surface area contributed by atoms with Crippen molar-refractivity contribution in [2.75, 3.05) is 26.2 Å². The first-order chi connectivity index (χ1) is 11.3. The van der Waals surface area contributed by atoms with Crippen molar-refractivity contribution in [3.63, 3.8) is 0 Å². The molecule has 24 heavy (non-hydrogen) atoms. The van der Waals surface area contributed by atoms with Gasteiger partial charge >= 0.3 is 0 Å². The number of nitrogens with one attached hydrogen (secondary N) is 2. The van der Waals surface area contributed by atoms with E-state index in [-0.39, 0.29) is 30.1 Å². The third kappa shape index (κ3) is 4.83. The fourth-order valence-electron chi connectivity index (χ4n) is 2.92. The first-order valence-electron chi connectivity index (χ1n) is 8.41. The van der Waals surface area contributed by atoms with E-state index < -0.39 is 0 Å². The molecule has 1 aromatic heterocycles. The monoisotopic (exact) mass is 443 g/mol. The van der Waals surface area contributed by atoms with Crippen LogP contribution >= 0.6 is 24.0 Å². The minimum Gasteiger partial charge on any atom is -0.391 e. The number of aliphatic hydroxyl groups is 1. The Morgan fingerprint density at radius 2 is 2.29 bits per heavy atom. The molecule has 1 aromatic carbocycles. The molecule has 0 amide bonds. The molecule has 6 nitrogen and oxygen atoms in total. The Balaban J connectivity index is 0.00000208. The number of guanidine groups is 1. The number of nitrogens with zero attached hydrogens (tertiary/aromatic N) is 3. The summed E-state index contributed by atoms with van der Waals surface area (Å²) in [6, 6.07) is 8.09. The van der Waals surface area contributed by atoms with E-state index in [0.717, 1.165) is 61.7 Å². The first kappa shape index (κ1) is 19.0. The van der Waals surface area contributed by atoms with E-state index in [2.05, 4.69) is 32.1 Å². The highest BCUT2D eigenvalue weighted by Crippen LogP contribution is 2.12. The van der Waals surface area contributed by atoms with Crippen LogP contribution in [0.25, 0.3) is 11.0 Å². The predicted octanol–water partition coefficient (Wildman–Crippen LogP) is 2.15. The number of aryl methyl sites for hydroxylation is 1. The SMILES string of the molecule is CCNC(=NCCCc1nc2ccccc2[nH]1)N1CC[C@@H](O)C1.I. The maximum absolute atomic E-state index is 9.67. The molecule has 3 rings (SSSR count). The number of hydrogen-bond donors (Lipinski definition) is 3. The lowest BCUT2D eigenvalue weighted by Gasteiger charge is -2.20. The first-order valence-corrected chi connectivity index (χ1v) is 8.41. The zero-order valence-electron chi connectivity index (χ0n) is 14.0. The lowest BCUT2D eigenvalue weighted by atomic mass is 10.3. The van der Waals surface area contributed by atoms with Gasteiger partial charge in [0.2, 0.25) is 0 Å². The molecule has 1 saturated heterocycles. The zero-order valence-corrected chi connectivity index (χ0v) is 16.4. The Morgan fingerprint density at radius 3 is 3.00 bits per heavy atom. The number of imidazole rings is 1. The summed E-state index contributed by atoms with van der Waals surface area (Å²) < 4.78 is 0. The maximum Gasteiger partial charge on any atom is 0.194 e. The number of fused-ring (bicyclic) bond motifs is 1. The largest absolute Gasteiger partial charge is 0.391 e. The van der Waals surface area contributed by atoms with Crippen molar-refractivity contribution in [1.29, 1.82) is 0 Å². The van der Waals surface area contributed by atoms with Crippen LogP contribution in [0.2, 0.25) is 0 Å². The fraction of sp³-hybridized carbons (Fsp3) is 0.529. The van der Waals surface area contributed by atoms with Crippen LogP contribution in [0.3, 0.4) is 0 Å². The third-order valence-corrected chi connectivity index (χ3v) is 4.07. The van der Waals surface area contributed by atoms with Gasteiger partial charge in [-0.15, -0.1) is 24.0 Å². The number of rotatable bonds is 5. The number of likely N-dealkylation sites (tertiary alicyclic amines) is 1. The average molecular weight is 443 g/mol. The summed E-state index contributed by atoms with van der Waals surface area (Å²) >= 11 is 0. The molecule has 0 spiro atoms. The average Bonchev–Trinajstić information content (AvgIpc) is 3.16. The van der Waals surface area contributed by atoms with Crippen LogP contribution in [0.4, 0.5) is 0 Å². The van der Waals surface area contributed by atoms with Gasteiger partial charge in [-0.05, 0) is 31.9 Å². The van der Waals surface area contributed by atoms with Crippen molar-refractivity contribution >= 4 is 41.0 Å². The van der Waals surface area contributed by atoms with Crippen molar-refractivity contribution in [2.45, 2.75) is 32.3 Å². The number of aromatic amines is 1. The van der Waals surface area contributed by atoms with Crippen molar-refractivity contribution in [2.24, 2.45) is 4.99 Å². The van der Waals surface area contributed by atoms with Gasteiger partial charge < -0.3 is 20.3 Å². The van der Waals surface area contributed by atoms with Crippen molar-refractivity contribution in [3.05, 3.63) is 30.1 Å². The molecule has 3 N–H and O–H groups in total. The highest BCUT2D eigenvalue weighted by molar-refractivity contribution is 14.0. The van der Waals surface area contributed by atoms with Gasteiger partial charge in [0.05, 0.1) is 17.1 Å². The molecule has 7 heteroatoms. The highest BCUT2D eigenvalue weighted by atomic mass is 127. The lowest BCUT2D eigenvalue weighted by Crippen LogP contribution is -2.40. The molecule has 0 bridgehead atoms. The second-order valence-electron chi connectivity index (χ2n) is 5.93. The molecule has 132 valence electrons. The Kier molecular flexibility index (Phi) is 7.29. The molecule has 0 aliphatic carbocycles. The van der Waals surface area contributed by atoms with Gasteiger partial charge in [0, 0.05) is 32.6 Å². The highest BCUT2D eigenvalue weighted by Gasteiger charge is 2.22. The summed E-state index contributed by atoms with van der Waals surface area (Å²) in [6.45, 7) is 5.21. The summed E-state index contributed by atoms with van der Waals surface area (Å²) in [5.74, 6) is 1.93. The van der Waals surface area contributed by atoms with E-state index >= 15 is 0 Å². The summed E-state index contributed by atoms with van der Waals surface area (Å²) in [5.41, 5.74) is 2.11. The maximum atomic E-state index is 9.67. The van der Waals surface area contributed by atoms with E-state index in [9.17, 15) is 5.11 Å². The van der Waals surface area contributed by atoms with Crippen molar-refractivity contribution < 1.29 is 5.11 Å². The van der Waals surface area contributed by atoms with Crippen molar-refractivity contribution in [1.82, 2.24) is 20.2 Å². The number of aliphatic imine (C=N–C) groups is 1. The Hall–Kier alpha value is -1.35. The van der Waals surface area contributed by atoms with Crippen LogP contribution in [0.1, 0.15) is 25.6 Å². The molecular formula is C17H26IN5O. The standard InChI is InChI=1S/C17H25N5O.HI/c1-2-18-17(22-11-9-13(23)12-22)19-10-5-8-16-20-14-6-3-4-7-15(14)21-16;/h3-4,6-7,13,23H,2,5,8-12H2,1H3,(H,18,19)(H,20,21);1H/t13-;/m1./s1. The van der Waals surface area contributed by atoms with Gasteiger partial charge in [0.1, 0.15) is 5.82 Å². The number of β-amino-alcohol motifs (C(OH)–C–C–N with tert-alkyl or cyclic N) is 1. The predicted molar refractivity (Wildman–Crippen MR) is 108 cm³/mol. The summed E-state index contributed by atoms with van der Waals surface area (Å²) in [5, 5.41) is 13.0. The van der Waals surface area contributed by atoms with E-state index in [1.54, 1.807) is 0 Å². The van der Waals surface area contributed by atoms with E-state index in [1.807, 2.05) is 24.3 Å². The van der Waals surface area contributed by atoms with E-state index in [1.165, 1.54) is 0 Å². The fourth-order valence-corrected chi connectivity index (χ4v) is 2.92. The number of hydrogen-bond acceptors (Lipinski definition) is 3. The second kappa shape index (κ2) is 9.22. The van der Waals surface area contributed by atoms with Gasteiger partial charge in [0.25, 0.3) is 0 Å². The Bertz CT molecular complexity index is 639. The van der Waals surface area contributed by atoms with E-state index in [0.29, 0.717) is 6.54 Å². The van der Waals surface area contributed by atoms with Gasteiger partial charge in [-0.3, -0.25) is 4.99 Å². The molecule has 1 atom stereocenters. The normalized spacial score (nSPS) is 18.0. The second-order valence-corrected chi connectivity index (χ2v) is 5.93. The van der Waals surface area contributed by atoms with Crippen molar-refractivity contribution in [3.8, 4) is 0 Å². The van der Waals surface area contributed by atoms with E-state index in [4.69, 9.17) is 0 Å². The molecule has 1 aliphatic heterocycles. The molecular weight excluding hydrogens is 417 g/mol. The number of H-pyrrole nitrogens is 1. The van der Waals surface area contributed by atoms with Crippen LogP contribution in [-0.2, 0) is 6.42 Å². The molecule has 0 saturated carbocycles. The number of aliphatic hydroxyl groups excluding tert-OH is 1. The summed E-state index contributed by atoms with van der Waals surface area (Å²) in [7, 11) is 0. The van der Waals surface area contributed by atoms with Gasteiger partial charge in [-0.25, -0.2) is 4.98 Å². The van der Waals surface area contributed by atoms with Crippen LogP contribution < -0.4 is 5.32 Å². The van der Waals surface area contributed by atoms with Crippen LogP contribution in [-0.4, -0.2) is 58.2 Å². The quantitative estimate of drug-likeness (QED) is 0.287. The van der Waals surface area contributed by atoms with Gasteiger partial charge in [0.15, 0.2) is 5.96 Å². The smallest absolute Gasteiger partial charge is 0.194 e. The summed E-state index contributed by atoms with van der Waals surface area (Å²) in [4.78, 5) is 14.8. The number of halogens is 1. The Morgan fingerprint density at radius 1 is 1.46 bits per heavy atom. The molecule has 2 heterocycles. The van der Waals surface area contributed by atoms with Crippen LogP contribution in [0, 0.1) is 0 Å². The minimum absolute atomic E-state index is 0. The lowest BCUT2D eigenvalue weighted by molar-refractivity contribution is 0.188. The zero-order chi connectivity index (χ0) is 16.1. The number of para-hydroxylation sites is 2. The molecule has 0 radical (unpaired) electrons. The molecule has 0 unspecified atom stereocenters. The molecule has 2 aromatic rings. The topological polar surface area (TPSA) is 76.5 Å². The van der Waals surface area contributed by atoms with Gasteiger partial charge in [-0.1, -0.05) is 12.1 Å². The molecule has 1 aliphatic rings. The van der Waals surface area contributed by atoms with Crippen LogP contribution in [0.5, 0.6) is 0 Å². The minimum atomic E-state index is -0.227. The number of benzene rings is 1. The van der Waals surface area contributed by atoms with Gasteiger partial charge in [-0.2, -0.15) is 0 Å². The van der Waals surface area contributed by atoms with Crippen LogP contribution in [0.15, 0.2) is 29.3 Å². The molecule has 1 fully saturated rings. The number of aromatic nitrogens is 2. The summed E-state index contributed by atoms with van der Waals surface area (Å²) in [6.07, 6.45) is 2.43. The Labute approximate surface area is 159 Å². The third-order valence-electron chi connectivity index (χ3n) is 4.07.